The predicted octanol–water partition coefficient (Wildman–Crippen LogP) is 3.29. The lowest BCUT2D eigenvalue weighted by Crippen LogP contribution is -2.00. The molecular formula is C16H14ClNO3. The molecule has 0 bridgehead atoms. The number of hydrogen-bond donors (Lipinski definition) is 1. The Balaban J connectivity index is 2.19. The van der Waals surface area contributed by atoms with Crippen LogP contribution in [0, 0.1) is 11.3 Å². The number of benzene rings is 2. The molecule has 1 N–H and O–H groups in total. The van der Waals surface area contributed by atoms with Gasteiger partial charge in [0.15, 0.2) is 0 Å². The van der Waals surface area contributed by atoms with E-state index in [1.165, 1.54) is 7.11 Å². The van der Waals surface area contributed by atoms with Crippen molar-refractivity contribution in [3.8, 4) is 17.6 Å². The molecule has 108 valence electrons. The number of hydrogen-bond acceptors (Lipinski definition) is 4. The minimum absolute atomic E-state index is 0.146. The van der Waals surface area contributed by atoms with Gasteiger partial charge in [-0.2, -0.15) is 5.26 Å². The van der Waals surface area contributed by atoms with Crippen LogP contribution < -0.4 is 9.47 Å². The third-order valence-electron chi connectivity index (χ3n) is 2.99. The van der Waals surface area contributed by atoms with Crippen molar-refractivity contribution < 1.29 is 14.6 Å². The molecule has 0 saturated heterocycles. The van der Waals surface area contributed by atoms with Gasteiger partial charge >= 0.3 is 0 Å². The second kappa shape index (κ2) is 6.98. The lowest BCUT2D eigenvalue weighted by Gasteiger charge is -2.12. The summed E-state index contributed by atoms with van der Waals surface area (Å²) in [6, 6.07) is 12.5. The van der Waals surface area contributed by atoms with E-state index in [-0.39, 0.29) is 13.2 Å². The molecule has 0 unspecified atom stereocenters. The molecule has 0 aromatic heterocycles. The van der Waals surface area contributed by atoms with Crippen LogP contribution in [0.25, 0.3) is 0 Å². The van der Waals surface area contributed by atoms with Crippen LogP contribution in [0.3, 0.4) is 0 Å². The Morgan fingerprint density at radius 2 is 2.10 bits per heavy atom. The average Bonchev–Trinajstić information content (AvgIpc) is 2.53. The molecule has 0 spiro atoms. The van der Waals surface area contributed by atoms with Crippen molar-refractivity contribution in [3.05, 3.63) is 58.1 Å². The zero-order chi connectivity index (χ0) is 15.2. The van der Waals surface area contributed by atoms with E-state index < -0.39 is 0 Å². The third kappa shape index (κ3) is 3.46. The van der Waals surface area contributed by atoms with E-state index in [0.29, 0.717) is 27.6 Å². The first-order valence-electron chi connectivity index (χ1n) is 6.27. The van der Waals surface area contributed by atoms with E-state index in [1.54, 1.807) is 36.4 Å². The summed E-state index contributed by atoms with van der Waals surface area (Å²) >= 11 is 6.08. The van der Waals surface area contributed by atoms with Crippen LogP contribution in [0.5, 0.6) is 11.5 Å². The molecular weight excluding hydrogens is 290 g/mol. The summed E-state index contributed by atoms with van der Waals surface area (Å²) in [6.45, 7) is 0.116. The van der Waals surface area contributed by atoms with Gasteiger partial charge in [-0.3, -0.25) is 0 Å². The summed E-state index contributed by atoms with van der Waals surface area (Å²) < 4.78 is 10.8. The standard InChI is InChI=1S/C16H14ClNO3/c1-20-15-7-11(5-6-12(15)8-18)10-21-16-13(9-19)3-2-4-14(16)17/h2-7,19H,9-10H2,1H3. The largest absolute Gasteiger partial charge is 0.495 e. The average molecular weight is 304 g/mol. The molecule has 2 rings (SSSR count). The maximum Gasteiger partial charge on any atom is 0.143 e. The summed E-state index contributed by atoms with van der Waals surface area (Å²) in [5, 5.41) is 18.7. The second-order valence-corrected chi connectivity index (χ2v) is 4.73. The first-order valence-corrected chi connectivity index (χ1v) is 6.65. The van der Waals surface area contributed by atoms with Gasteiger partial charge in [-0.15, -0.1) is 0 Å². The number of rotatable bonds is 5. The number of methoxy groups -OCH3 is 1. The summed E-state index contributed by atoms with van der Waals surface area (Å²) in [4.78, 5) is 0. The molecule has 0 amide bonds. The van der Waals surface area contributed by atoms with Crippen LogP contribution >= 0.6 is 11.6 Å². The monoisotopic (exact) mass is 303 g/mol. The number of aliphatic hydroxyl groups excluding tert-OH is 1. The maximum atomic E-state index is 9.30. The van der Waals surface area contributed by atoms with E-state index in [1.807, 2.05) is 0 Å². The van der Waals surface area contributed by atoms with E-state index >= 15 is 0 Å². The number of aliphatic hydroxyl groups is 1. The molecule has 0 aliphatic rings. The van der Waals surface area contributed by atoms with Gasteiger partial charge in [0, 0.05) is 5.56 Å². The van der Waals surface area contributed by atoms with E-state index in [4.69, 9.17) is 26.3 Å². The lowest BCUT2D eigenvalue weighted by molar-refractivity contribution is 0.259. The Bertz CT molecular complexity index is 680. The number of para-hydroxylation sites is 1. The van der Waals surface area contributed by atoms with Crippen molar-refractivity contribution in [2.75, 3.05) is 7.11 Å². The van der Waals surface area contributed by atoms with E-state index in [0.717, 1.165) is 5.56 Å². The Morgan fingerprint density at radius 3 is 2.76 bits per heavy atom. The molecule has 4 nitrogen and oxygen atoms in total. The molecule has 0 saturated carbocycles. The number of halogens is 1. The number of nitrogens with zero attached hydrogens (tertiary/aromatic N) is 1. The maximum absolute atomic E-state index is 9.30. The molecule has 5 heteroatoms. The van der Waals surface area contributed by atoms with Crippen LogP contribution in [-0.2, 0) is 13.2 Å². The van der Waals surface area contributed by atoms with Crippen molar-refractivity contribution in [1.29, 1.82) is 5.26 Å². The van der Waals surface area contributed by atoms with Gasteiger partial charge in [0.25, 0.3) is 0 Å². The highest BCUT2D eigenvalue weighted by molar-refractivity contribution is 6.32. The molecule has 2 aromatic rings. The Morgan fingerprint density at radius 1 is 1.29 bits per heavy atom. The van der Waals surface area contributed by atoms with Gasteiger partial charge < -0.3 is 14.6 Å². The Hall–Kier alpha value is -2.22. The van der Waals surface area contributed by atoms with Crippen LogP contribution in [0.15, 0.2) is 36.4 Å². The van der Waals surface area contributed by atoms with Crippen LogP contribution in [-0.4, -0.2) is 12.2 Å². The van der Waals surface area contributed by atoms with Gasteiger partial charge in [-0.05, 0) is 23.8 Å². The zero-order valence-corrected chi connectivity index (χ0v) is 12.2. The van der Waals surface area contributed by atoms with E-state index in [9.17, 15) is 5.11 Å². The molecule has 0 heterocycles. The summed E-state index contributed by atoms with van der Waals surface area (Å²) in [6.07, 6.45) is 0. The molecule has 0 radical (unpaired) electrons. The number of ether oxygens (including phenoxy) is 2. The Kier molecular flexibility index (Phi) is 5.04. The number of nitriles is 1. The van der Waals surface area contributed by atoms with E-state index in [2.05, 4.69) is 6.07 Å². The highest BCUT2D eigenvalue weighted by atomic mass is 35.5. The van der Waals surface area contributed by atoms with Crippen molar-refractivity contribution in [2.45, 2.75) is 13.2 Å². The smallest absolute Gasteiger partial charge is 0.143 e. The molecule has 2 aromatic carbocycles. The van der Waals surface area contributed by atoms with Crippen molar-refractivity contribution in [3.63, 3.8) is 0 Å². The Labute approximate surface area is 128 Å². The fourth-order valence-corrected chi connectivity index (χ4v) is 2.16. The second-order valence-electron chi connectivity index (χ2n) is 4.32. The predicted molar refractivity (Wildman–Crippen MR) is 79.4 cm³/mol. The van der Waals surface area contributed by atoms with Crippen molar-refractivity contribution in [2.24, 2.45) is 0 Å². The van der Waals surface area contributed by atoms with Gasteiger partial charge in [0.05, 0.1) is 24.3 Å². The zero-order valence-electron chi connectivity index (χ0n) is 11.5. The molecule has 0 atom stereocenters. The molecule has 21 heavy (non-hydrogen) atoms. The lowest BCUT2D eigenvalue weighted by atomic mass is 10.1. The summed E-state index contributed by atoms with van der Waals surface area (Å²) in [5.41, 5.74) is 1.94. The van der Waals surface area contributed by atoms with Crippen LogP contribution in [0.4, 0.5) is 0 Å². The minimum atomic E-state index is -0.146. The minimum Gasteiger partial charge on any atom is -0.495 e. The normalized spacial score (nSPS) is 10.0. The first kappa shape index (κ1) is 15.2. The van der Waals surface area contributed by atoms with Gasteiger partial charge in [-0.1, -0.05) is 29.8 Å². The van der Waals surface area contributed by atoms with Gasteiger partial charge in [0.2, 0.25) is 0 Å². The van der Waals surface area contributed by atoms with Gasteiger partial charge in [0.1, 0.15) is 24.2 Å². The molecule has 0 fully saturated rings. The first-order chi connectivity index (χ1) is 10.2. The quantitative estimate of drug-likeness (QED) is 0.920. The third-order valence-corrected chi connectivity index (χ3v) is 3.29. The summed E-state index contributed by atoms with van der Waals surface area (Å²) in [7, 11) is 1.51. The highest BCUT2D eigenvalue weighted by Gasteiger charge is 2.09. The highest BCUT2D eigenvalue weighted by Crippen LogP contribution is 2.30. The van der Waals surface area contributed by atoms with Crippen LogP contribution in [0.1, 0.15) is 16.7 Å². The molecule has 0 aliphatic carbocycles. The summed E-state index contributed by atoms with van der Waals surface area (Å²) in [5.74, 6) is 0.963. The molecule has 0 aliphatic heterocycles. The van der Waals surface area contributed by atoms with Crippen molar-refractivity contribution >= 4 is 11.6 Å². The van der Waals surface area contributed by atoms with Gasteiger partial charge in [-0.25, -0.2) is 0 Å². The van der Waals surface area contributed by atoms with Crippen LogP contribution in [0.2, 0.25) is 5.02 Å². The fraction of sp³-hybridized carbons (Fsp3) is 0.188. The SMILES string of the molecule is COc1cc(COc2c(Cl)cccc2CO)ccc1C#N. The fourth-order valence-electron chi connectivity index (χ4n) is 1.91. The topological polar surface area (TPSA) is 62.5 Å². The van der Waals surface area contributed by atoms with Crippen molar-refractivity contribution in [1.82, 2.24) is 0 Å².